The van der Waals surface area contributed by atoms with Crippen molar-refractivity contribution < 1.29 is 19.5 Å². The quantitative estimate of drug-likeness (QED) is 0.837. The molecule has 136 valence electrons. The number of primary amides is 1. The Morgan fingerprint density at radius 3 is 2.38 bits per heavy atom. The minimum absolute atomic E-state index is 0.0830. The number of nitrogens with zero attached hydrogens (tertiary/aromatic N) is 3. The lowest BCUT2D eigenvalue weighted by Crippen LogP contribution is -2.39. The molecule has 1 aliphatic heterocycles. The lowest BCUT2D eigenvalue weighted by Gasteiger charge is -2.30. The number of amides is 2. The van der Waals surface area contributed by atoms with E-state index in [1.165, 1.54) is 10.7 Å². The van der Waals surface area contributed by atoms with Gasteiger partial charge in [-0.1, -0.05) is 18.2 Å². The average molecular weight is 356 g/mol. The van der Waals surface area contributed by atoms with E-state index in [0.29, 0.717) is 31.6 Å². The first kappa shape index (κ1) is 17.7. The zero-order chi connectivity index (χ0) is 18.7. The summed E-state index contributed by atoms with van der Waals surface area (Å²) < 4.78 is 1.37. The maximum absolute atomic E-state index is 12.7. The maximum Gasteiger partial charge on any atom is 0.303 e. The van der Waals surface area contributed by atoms with Crippen molar-refractivity contribution in [1.29, 1.82) is 0 Å². The Hall–Kier alpha value is -3.16. The normalized spacial score (nSPS) is 15.0. The van der Waals surface area contributed by atoms with Gasteiger partial charge in [0.2, 0.25) is 0 Å². The summed E-state index contributed by atoms with van der Waals surface area (Å²) in [5.41, 5.74) is 6.36. The van der Waals surface area contributed by atoms with Crippen molar-refractivity contribution in [1.82, 2.24) is 14.7 Å². The van der Waals surface area contributed by atoms with E-state index >= 15 is 0 Å². The van der Waals surface area contributed by atoms with Gasteiger partial charge in [0.25, 0.3) is 11.8 Å². The highest BCUT2D eigenvalue weighted by Gasteiger charge is 2.27. The van der Waals surface area contributed by atoms with Gasteiger partial charge in [-0.3, -0.25) is 14.4 Å². The summed E-state index contributed by atoms with van der Waals surface area (Å²) in [4.78, 5) is 36.9. The Morgan fingerprint density at radius 1 is 1.15 bits per heavy atom. The van der Waals surface area contributed by atoms with Gasteiger partial charge in [-0.15, -0.1) is 0 Å². The highest BCUT2D eigenvalue weighted by molar-refractivity contribution is 5.97. The smallest absolute Gasteiger partial charge is 0.303 e. The van der Waals surface area contributed by atoms with Gasteiger partial charge < -0.3 is 15.7 Å². The lowest BCUT2D eigenvalue weighted by molar-refractivity contribution is -0.138. The van der Waals surface area contributed by atoms with Crippen molar-refractivity contribution >= 4 is 17.8 Å². The summed E-state index contributed by atoms with van der Waals surface area (Å²) in [6, 6.07) is 10.4. The number of piperidine rings is 1. The van der Waals surface area contributed by atoms with Crippen LogP contribution in [0.3, 0.4) is 0 Å². The van der Waals surface area contributed by atoms with E-state index in [9.17, 15) is 14.4 Å². The number of nitrogens with two attached hydrogens (primary N) is 1. The third-order valence-electron chi connectivity index (χ3n) is 4.55. The third-order valence-corrected chi connectivity index (χ3v) is 4.55. The summed E-state index contributed by atoms with van der Waals surface area (Å²) in [5, 5.41) is 13.2. The van der Waals surface area contributed by atoms with Crippen LogP contribution < -0.4 is 5.73 Å². The molecule has 8 nitrogen and oxygen atoms in total. The molecular formula is C18H20N4O4. The summed E-state index contributed by atoms with van der Waals surface area (Å²) in [7, 11) is 0. The van der Waals surface area contributed by atoms with Crippen LogP contribution in [0.2, 0.25) is 0 Å². The third kappa shape index (κ3) is 3.74. The van der Waals surface area contributed by atoms with Crippen LogP contribution in [0.1, 0.15) is 40.2 Å². The fourth-order valence-corrected chi connectivity index (χ4v) is 3.18. The molecule has 1 aromatic carbocycles. The second-order valence-electron chi connectivity index (χ2n) is 6.36. The van der Waals surface area contributed by atoms with Crippen LogP contribution in [0.25, 0.3) is 5.69 Å². The molecule has 3 N–H and O–H groups in total. The molecule has 8 heteroatoms. The molecule has 0 aliphatic carbocycles. The Balaban J connectivity index is 1.78. The zero-order valence-electron chi connectivity index (χ0n) is 14.2. The predicted octanol–water partition coefficient (Wildman–Crippen LogP) is 1.30. The van der Waals surface area contributed by atoms with Gasteiger partial charge in [0, 0.05) is 25.6 Å². The molecule has 2 heterocycles. The van der Waals surface area contributed by atoms with E-state index in [1.54, 1.807) is 29.2 Å². The minimum Gasteiger partial charge on any atom is -0.481 e. The molecule has 0 atom stereocenters. The van der Waals surface area contributed by atoms with E-state index in [1.807, 2.05) is 6.07 Å². The van der Waals surface area contributed by atoms with Gasteiger partial charge in [0.1, 0.15) is 5.69 Å². The van der Waals surface area contributed by atoms with Gasteiger partial charge in [0.05, 0.1) is 5.69 Å². The molecule has 1 aromatic heterocycles. The fourth-order valence-electron chi connectivity index (χ4n) is 3.18. The first-order valence-electron chi connectivity index (χ1n) is 8.42. The number of carboxylic acid groups (broad SMARTS) is 1. The number of carbonyl (C=O) groups is 3. The highest BCUT2D eigenvalue weighted by atomic mass is 16.4. The van der Waals surface area contributed by atoms with E-state index < -0.39 is 11.9 Å². The second-order valence-corrected chi connectivity index (χ2v) is 6.36. The van der Waals surface area contributed by atoms with Crippen molar-refractivity contribution in [3.8, 4) is 5.69 Å². The predicted molar refractivity (Wildman–Crippen MR) is 93.0 cm³/mol. The average Bonchev–Trinajstić information content (AvgIpc) is 3.08. The number of likely N-dealkylation sites (tertiary alicyclic amines) is 1. The minimum atomic E-state index is -0.817. The molecule has 0 bridgehead atoms. The van der Waals surface area contributed by atoms with Crippen LogP contribution in [0.4, 0.5) is 0 Å². The topological polar surface area (TPSA) is 119 Å². The lowest BCUT2D eigenvalue weighted by atomic mass is 9.93. The SMILES string of the molecule is NC(=O)c1cc(C(=O)N2CCC(CC(=O)O)CC2)nn1-c1ccccc1. The van der Waals surface area contributed by atoms with Crippen molar-refractivity contribution in [3.05, 3.63) is 47.8 Å². The van der Waals surface area contributed by atoms with Crippen LogP contribution in [-0.2, 0) is 4.79 Å². The van der Waals surface area contributed by atoms with E-state index in [2.05, 4.69) is 5.10 Å². The molecule has 2 aromatic rings. The zero-order valence-corrected chi connectivity index (χ0v) is 14.2. The first-order valence-corrected chi connectivity index (χ1v) is 8.42. The molecule has 1 aliphatic rings. The number of carboxylic acids is 1. The van der Waals surface area contributed by atoms with Crippen molar-refractivity contribution in [2.75, 3.05) is 13.1 Å². The fraction of sp³-hybridized carbons (Fsp3) is 0.333. The van der Waals surface area contributed by atoms with Gasteiger partial charge in [-0.05, 0) is 30.9 Å². The molecule has 0 unspecified atom stereocenters. The van der Waals surface area contributed by atoms with Gasteiger partial charge in [-0.25, -0.2) is 4.68 Å². The number of benzene rings is 1. The standard InChI is InChI=1S/C18H20N4O4/c19-17(25)15-11-14(20-22(15)13-4-2-1-3-5-13)18(26)21-8-6-12(7-9-21)10-16(23)24/h1-5,11-12H,6-10H2,(H2,19,25)(H,23,24). The monoisotopic (exact) mass is 356 g/mol. The number of carbonyl (C=O) groups excluding carboxylic acids is 2. The van der Waals surface area contributed by atoms with Crippen LogP contribution in [0.5, 0.6) is 0 Å². The molecule has 1 fully saturated rings. The first-order chi connectivity index (χ1) is 12.5. The largest absolute Gasteiger partial charge is 0.481 e. The van der Waals surface area contributed by atoms with Crippen molar-refractivity contribution in [3.63, 3.8) is 0 Å². The Bertz CT molecular complexity index is 823. The van der Waals surface area contributed by atoms with E-state index in [0.717, 1.165) is 0 Å². The molecule has 1 saturated heterocycles. The van der Waals surface area contributed by atoms with Crippen LogP contribution >= 0.6 is 0 Å². The molecule has 26 heavy (non-hydrogen) atoms. The number of aromatic nitrogens is 2. The summed E-state index contributed by atoms with van der Waals surface area (Å²) in [5.74, 6) is -1.68. The molecule has 0 saturated carbocycles. The number of hydrogen-bond donors (Lipinski definition) is 2. The summed E-state index contributed by atoms with van der Waals surface area (Å²) in [6.07, 6.45) is 1.40. The number of para-hydroxylation sites is 1. The van der Waals surface area contributed by atoms with Crippen molar-refractivity contribution in [2.45, 2.75) is 19.3 Å². The molecule has 0 spiro atoms. The molecular weight excluding hydrogens is 336 g/mol. The summed E-state index contributed by atoms with van der Waals surface area (Å²) in [6.45, 7) is 0.946. The number of rotatable bonds is 5. The van der Waals surface area contributed by atoms with Gasteiger partial charge >= 0.3 is 5.97 Å². The Morgan fingerprint density at radius 2 is 1.81 bits per heavy atom. The second kappa shape index (κ2) is 7.38. The Labute approximate surface area is 150 Å². The molecule has 0 radical (unpaired) electrons. The summed E-state index contributed by atoms with van der Waals surface area (Å²) >= 11 is 0. The van der Waals surface area contributed by atoms with E-state index in [-0.39, 0.29) is 29.6 Å². The Kier molecular flexibility index (Phi) is 5.01. The van der Waals surface area contributed by atoms with Gasteiger partial charge in [0.15, 0.2) is 5.69 Å². The van der Waals surface area contributed by atoms with Crippen LogP contribution in [0.15, 0.2) is 36.4 Å². The molecule has 3 rings (SSSR count). The van der Waals surface area contributed by atoms with Crippen molar-refractivity contribution in [2.24, 2.45) is 11.7 Å². The van der Waals surface area contributed by atoms with Gasteiger partial charge in [-0.2, -0.15) is 5.10 Å². The number of hydrogen-bond acceptors (Lipinski definition) is 4. The van der Waals surface area contributed by atoms with Crippen LogP contribution in [-0.4, -0.2) is 50.7 Å². The van der Waals surface area contributed by atoms with E-state index in [4.69, 9.17) is 10.8 Å². The van der Waals surface area contributed by atoms with Crippen LogP contribution in [0, 0.1) is 5.92 Å². The maximum atomic E-state index is 12.7. The highest BCUT2D eigenvalue weighted by Crippen LogP contribution is 2.22. The molecule has 2 amide bonds. The number of aliphatic carboxylic acids is 1.